The maximum atomic E-state index is 11.3. The number of piperazine rings is 1. The van der Waals surface area contributed by atoms with E-state index in [-0.39, 0.29) is 5.56 Å². The fraction of sp³-hybridized carbons (Fsp3) is 0.250. The van der Waals surface area contributed by atoms with E-state index >= 15 is 0 Å². The van der Waals surface area contributed by atoms with E-state index in [2.05, 4.69) is 20.2 Å². The topological polar surface area (TPSA) is 98.7 Å². The maximum Gasteiger partial charge on any atom is 0.337 e. The van der Waals surface area contributed by atoms with Crippen LogP contribution in [-0.4, -0.2) is 58.5 Å². The van der Waals surface area contributed by atoms with Gasteiger partial charge in [-0.3, -0.25) is 4.79 Å². The molecule has 2 N–H and O–H groups in total. The molecule has 0 saturated carbocycles. The van der Waals surface area contributed by atoms with Gasteiger partial charge < -0.3 is 20.2 Å². The number of amides is 1. The second-order valence-corrected chi connectivity index (χ2v) is 5.37. The number of aromatic carboxylic acids is 1. The molecule has 8 heteroatoms. The first-order valence-corrected chi connectivity index (χ1v) is 7.53. The standard InChI is InChI=1S/C16H17N5O3/c22-11-20-5-7-21(8-6-20)15-9-14(17-10-18-15)19-13-4-2-1-3-12(13)16(23)24/h1-4,9-11H,5-8H2,(H,23,24)(H,17,18,19). The van der Waals surface area contributed by atoms with E-state index in [0.717, 1.165) is 12.2 Å². The van der Waals surface area contributed by atoms with Crippen LogP contribution in [0.3, 0.4) is 0 Å². The Kier molecular flexibility index (Phi) is 4.55. The Bertz CT molecular complexity index is 744. The summed E-state index contributed by atoms with van der Waals surface area (Å²) in [7, 11) is 0. The van der Waals surface area contributed by atoms with Gasteiger partial charge in [-0.25, -0.2) is 14.8 Å². The van der Waals surface area contributed by atoms with Crippen molar-refractivity contribution in [2.24, 2.45) is 0 Å². The Balaban J connectivity index is 1.77. The molecule has 1 amide bonds. The minimum absolute atomic E-state index is 0.178. The highest BCUT2D eigenvalue weighted by molar-refractivity contribution is 5.95. The van der Waals surface area contributed by atoms with Crippen LogP contribution in [0.2, 0.25) is 0 Å². The van der Waals surface area contributed by atoms with Crippen molar-refractivity contribution in [3.8, 4) is 0 Å². The van der Waals surface area contributed by atoms with Crippen LogP contribution in [0.4, 0.5) is 17.3 Å². The SMILES string of the molecule is O=CN1CCN(c2cc(Nc3ccccc3C(=O)O)ncn2)CC1. The molecule has 3 rings (SSSR count). The van der Waals surface area contributed by atoms with Crippen molar-refractivity contribution in [2.75, 3.05) is 36.4 Å². The van der Waals surface area contributed by atoms with Gasteiger partial charge in [-0.1, -0.05) is 12.1 Å². The first-order valence-electron chi connectivity index (χ1n) is 7.53. The second kappa shape index (κ2) is 6.95. The molecule has 0 spiro atoms. The van der Waals surface area contributed by atoms with Crippen LogP contribution in [0.1, 0.15) is 10.4 Å². The predicted molar refractivity (Wildman–Crippen MR) is 88.6 cm³/mol. The summed E-state index contributed by atoms with van der Waals surface area (Å²) in [6, 6.07) is 8.43. The summed E-state index contributed by atoms with van der Waals surface area (Å²) >= 11 is 0. The first kappa shape index (κ1) is 15.7. The van der Waals surface area contributed by atoms with Gasteiger partial charge in [-0.05, 0) is 12.1 Å². The van der Waals surface area contributed by atoms with E-state index in [1.807, 2.05) is 0 Å². The number of aromatic nitrogens is 2. The fourth-order valence-electron chi connectivity index (χ4n) is 2.56. The lowest BCUT2D eigenvalue weighted by atomic mass is 10.2. The Hall–Kier alpha value is -3.16. The highest BCUT2D eigenvalue weighted by atomic mass is 16.4. The van der Waals surface area contributed by atoms with Crippen LogP contribution < -0.4 is 10.2 Å². The van der Waals surface area contributed by atoms with Gasteiger partial charge in [0, 0.05) is 32.2 Å². The monoisotopic (exact) mass is 327 g/mol. The van der Waals surface area contributed by atoms with Crippen molar-refractivity contribution in [1.29, 1.82) is 0 Å². The molecule has 2 heterocycles. The van der Waals surface area contributed by atoms with Gasteiger partial charge in [0.15, 0.2) is 0 Å². The van der Waals surface area contributed by atoms with Gasteiger partial charge in [-0.15, -0.1) is 0 Å². The third-order valence-corrected chi connectivity index (χ3v) is 3.86. The van der Waals surface area contributed by atoms with Crippen LogP contribution in [0.5, 0.6) is 0 Å². The summed E-state index contributed by atoms with van der Waals surface area (Å²) in [5.74, 6) is 0.259. The molecular weight excluding hydrogens is 310 g/mol. The average molecular weight is 327 g/mol. The number of hydrogen-bond donors (Lipinski definition) is 2. The normalized spacial score (nSPS) is 14.3. The number of carboxylic acids is 1. The Morgan fingerprint density at radius 2 is 1.92 bits per heavy atom. The molecule has 1 aliphatic heterocycles. The smallest absolute Gasteiger partial charge is 0.337 e. The molecule has 124 valence electrons. The van der Waals surface area contributed by atoms with Crippen molar-refractivity contribution in [3.05, 3.63) is 42.2 Å². The van der Waals surface area contributed by atoms with Gasteiger partial charge in [0.05, 0.1) is 11.3 Å². The van der Waals surface area contributed by atoms with E-state index in [4.69, 9.17) is 0 Å². The quantitative estimate of drug-likeness (QED) is 0.796. The summed E-state index contributed by atoms with van der Waals surface area (Å²) in [6.45, 7) is 2.69. The molecule has 1 fully saturated rings. The number of carbonyl (C=O) groups excluding carboxylic acids is 1. The lowest BCUT2D eigenvalue weighted by molar-refractivity contribution is -0.118. The van der Waals surface area contributed by atoms with E-state index in [1.165, 1.54) is 12.4 Å². The van der Waals surface area contributed by atoms with Crippen LogP contribution in [0, 0.1) is 0 Å². The lowest BCUT2D eigenvalue weighted by Crippen LogP contribution is -2.46. The number of para-hydroxylation sites is 1. The van der Waals surface area contributed by atoms with Crippen LogP contribution in [-0.2, 0) is 4.79 Å². The number of nitrogens with zero attached hydrogens (tertiary/aromatic N) is 4. The van der Waals surface area contributed by atoms with Crippen molar-refractivity contribution in [3.63, 3.8) is 0 Å². The Morgan fingerprint density at radius 3 is 2.62 bits per heavy atom. The highest BCUT2D eigenvalue weighted by Gasteiger charge is 2.17. The molecule has 1 aliphatic rings. The molecule has 1 aromatic heterocycles. The molecule has 0 atom stereocenters. The van der Waals surface area contributed by atoms with E-state index in [0.29, 0.717) is 37.7 Å². The maximum absolute atomic E-state index is 11.3. The number of carbonyl (C=O) groups is 2. The summed E-state index contributed by atoms with van der Waals surface area (Å²) in [6.07, 6.45) is 2.29. The summed E-state index contributed by atoms with van der Waals surface area (Å²) in [5.41, 5.74) is 0.651. The van der Waals surface area contributed by atoms with Crippen molar-refractivity contribution < 1.29 is 14.7 Å². The molecule has 24 heavy (non-hydrogen) atoms. The Morgan fingerprint density at radius 1 is 1.17 bits per heavy atom. The number of nitrogens with one attached hydrogen (secondary N) is 1. The zero-order valence-corrected chi connectivity index (χ0v) is 12.9. The molecule has 0 radical (unpaired) electrons. The summed E-state index contributed by atoms with van der Waals surface area (Å²) in [5, 5.41) is 12.3. The fourth-order valence-corrected chi connectivity index (χ4v) is 2.56. The molecule has 0 unspecified atom stereocenters. The largest absolute Gasteiger partial charge is 0.478 e. The van der Waals surface area contributed by atoms with Gasteiger partial charge in [0.2, 0.25) is 6.41 Å². The molecule has 1 saturated heterocycles. The molecule has 1 aromatic carbocycles. The van der Waals surface area contributed by atoms with Gasteiger partial charge >= 0.3 is 5.97 Å². The third kappa shape index (κ3) is 3.43. The van der Waals surface area contributed by atoms with E-state index in [9.17, 15) is 14.7 Å². The number of carboxylic acid groups (broad SMARTS) is 1. The van der Waals surface area contributed by atoms with Crippen LogP contribution in [0.25, 0.3) is 0 Å². The Labute approximate surface area is 138 Å². The van der Waals surface area contributed by atoms with Crippen molar-refractivity contribution in [2.45, 2.75) is 0 Å². The molecule has 8 nitrogen and oxygen atoms in total. The van der Waals surface area contributed by atoms with Crippen molar-refractivity contribution >= 4 is 29.7 Å². The molecule has 0 aliphatic carbocycles. The number of hydrogen-bond acceptors (Lipinski definition) is 6. The zero-order chi connectivity index (χ0) is 16.9. The average Bonchev–Trinajstić information content (AvgIpc) is 2.62. The molecule has 2 aromatic rings. The minimum atomic E-state index is -1.00. The molecular formula is C16H17N5O3. The summed E-state index contributed by atoms with van der Waals surface area (Å²) in [4.78, 5) is 34.2. The third-order valence-electron chi connectivity index (χ3n) is 3.86. The summed E-state index contributed by atoms with van der Waals surface area (Å²) < 4.78 is 0. The van der Waals surface area contributed by atoms with Crippen molar-refractivity contribution in [1.82, 2.24) is 14.9 Å². The van der Waals surface area contributed by atoms with E-state index in [1.54, 1.807) is 29.2 Å². The van der Waals surface area contributed by atoms with E-state index < -0.39 is 5.97 Å². The highest BCUT2D eigenvalue weighted by Crippen LogP contribution is 2.22. The van der Waals surface area contributed by atoms with Crippen LogP contribution >= 0.6 is 0 Å². The van der Waals surface area contributed by atoms with Gasteiger partial charge in [0.1, 0.15) is 18.0 Å². The number of anilines is 3. The first-order chi connectivity index (χ1) is 11.7. The number of rotatable bonds is 5. The predicted octanol–water partition coefficient (Wildman–Crippen LogP) is 1.20. The van der Waals surface area contributed by atoms with Gasteiger partial charge in [0.25, 0.3) is 0 Å². The minimum Gasteiger partial charge on any atom is -0.478 e. The lowest BCUT2D eigenvalue weighted by Gasteiger charge is -2.33. The second-order valence-electron chi connectivity index (χ2n) is 5.37. The molecule has 0 bridgehead atoms. The number of benzene rings is 1. The zero-order valence-electron chi connectivity index (χ0n) is 12.9. The van der Waals surface area contributed by atoms with Crippen LogP contribution in [0.15, 0.2) is 36.7 Å². The van der Waals surface area contributed by atoms with Gasteiger partial charge in [-0.2, -0.15) is 0 Å².